The van der Waals surface area contributed by atoms with E-state index in [0.717, 1.165) is 12.8 Å². The van der Waals surface area contributed by atoms with Crippen LogP contribution in [0.2, 0.25) is 0 Å². The van der Waals surface area contributed by atoms with Crippen LogP contribution in [0.5, 0.6) is 0 Å². The van der Waals surface area contributed by atoms with Crippen molar-refractivity contribution in [3.63, 3.8) is 0 Å². The summed E-state index contributed by atoms with van der Waals surface area (Å²) in [4.78, 5) is 0. The highest BCUT2D eigenvalue weighted by molar-refractivity contribution is 5.66. The van der Waals surface area contributed by atoms with Crippen molar-refractivity contribution in [3.05, 3.63) is 81.4 Å². The molecule has 0 bridgehead atoms. The van der Waals surface area contributed by atoms with Gasteiger partial charge in [-0.15, -0.1) is 0 Å². The summed E-state index contributed by atoms with van der Waals surface area (Å²) in [6.07, 6.45) is 8.19. The molecule has 110 valence electrons. The molecule has 0 saturated heterocycles. The Morgan fingerprint density at radius 2 is 1.82 bits per heavy atom. The van der Waals surface area contributed by atoms with Gasteiger partial charge >= 0.3 is 0 Å². The minimum atomic E-state index is 0.601. The van der Waals surface area contributed by atoms with Crippen molar-refractivity contribution in [1.82, 2.24) is 0 Å². The minimum Gasteiger partial charge on any atom is -0.0683 e. The zero-order valence-electron chi connectivity index (χ0n) is 13.4. The summed E-state index contributed by atoms with van der Waals surface area (Å²) in [7, 11) is 0. The first-order valence-corrected chi connectivity index (χ1v) is 8.27. The Labute approximate surface area is 133 Å². The van der Waals surface area contributed by atoms with Crippen molar-refractivity contribution in [2.75, 3.05) is 0 Å². The Morgan fingerprint density at radius 1 is 0.955 bits per heavy atom. The number of benzene rings is 2. The molecule has 4 rings (SSSR count). The van der Waals surface area contributed by atoms with E-state index in [9.17, 15) is 0 Å². The van der Waals surface area contributed by atoms with Crippen molar-refractivity contribution in [2.24, 2.45) is 0 Å². The van der Waals surface area contributed by atoms with Gasteiger partial charge in [0.1, 0.15) is 0 Å². The Kier molecular flexibility index (Phi) is 3.26. The summed E-state index contributed by atoms with van der Waals surface area (Å²) in [5, 5.41) is 0. The molecule has 0 aromatic heterocycles. The van der Waals surface area contributed by atoms with Crippen LogP contribution in [0, 0.1) is 0 Å². The smallest absolute Gasteiger partial charge is 0.00578 e. The molecule has 0 saturated carbocycles. The third kappa shape index (κ3) is 2.33. The molecule has 1 unspecified atom stereocenters. The molecule has 0 radical (unpaired) electrons. The molecule has 0 nitrogen and oxygen atoms in total. The predicted molar refractivity (Wildman–Crippen MR) is 95.0 cm³/mol. The third-order valence-corrected chi connectivity index (χ3v) is 5.10. The zero-order valence-corrected chi connectivity index (χ0v) is 13.4. The van der Waals surface area contributed by atoms with Gasteiger partial charge < -0.3 is 0 Å². The van der Waals surface area contributed by atoms with Gasteiger partial charge in [-0.25, -0.2) is 0 Å². The first-order chi connectivity index (χ1) is 10.7. The van der Waals surface area contributed by atoms with Gasteiger partial charge in [0, 0.05) is 5.92 Å². The summed E-state index contributed by atoms with van der Waals surface area (Å²) in [6, 6.07) is 15.9. The highest BCUT2D eigenvalue weighted by Gasteiger charge is 2.21. The fraction of sp³-hybridized carbons (Fsp3) is 0.273. The molecule has 0 aliphatic heterocycles. The first kappa shape index (κ1) is 13.6. The normalized spacial score (nSPS) is 18.7. The van der Waals surface area contributed by atoms with E-state index >= 15 is 0 Å². The second kappa shape index (κ2) is 5.28. The molecule has 22 heavy (non-hydrogen) atoms. The Morgan fingerprint density at radius 3 is 2.73 bits per heavy atom. The maximum Gasteiger partial charge on any atom is 0.00578 e. The monoisotopic (exact) mass is 286 g/mol. The van der Waals surface area contributed by atoms with E-state index in [4.69, 9.17) is 0 Å². The molecule has 2 aromatic rings. The molecule has 2 aromatic carbocycles. The van der Waals surface area contributed by atoms with Gasteiger partial charge in [0.05, 0.1) is 0 Å². The van der Waals surface area contributed by atoms with Crippen LogP contribution in [0.1, 0.15) is 54.0 Å². The topological polar surface area (TPSA) is 0 Å². The lowest BCUT2D eigenvalue weighted by Crippen LogP contribution is -2.00. The van der Waals surface area contributed by atoms with Crippen molar-refractivity contribution in [1.29, 1.82) is 0 Å². The van der Waals surface area contributed by atoms with Crippen molar-refractivity contribution in [2.45, 2.75) is 39.0 Å². The van der Waals surface area contributed by atoms with E-state index in [1.807, 2.05) is 0 Å². The highest BCUT2D eigenvalue weighted by atomic mass is 14.3. The van der Waals surface area contributed by atoms with E-state index in [-0.39, 0.29) is 0 Å². The fourth-order valence-corrected chi connectivity index (χ4v) is 3.97. The van der Waals surface area contributed by atoms with Crippen molar-refractivity contribution >= 4 is 12.2 Å². The highest BCUT2D eigenvalue weighted by Crippen LogP contribution is 2.39. The molecule has 2 aliphatic carbocycles. The van der Waals surface area contributed by atoms with Gasteiger partial charge in [0.2, 0.25) is 0 Å². The zero-order chi connectivity index (χ0) is 15.1. The molecular formula is C22H22. The first-order valence-electron chi connectivity index (χ1n) is 8.27. The third-order valence-electron chi connectivity index (χ3n) is 5.10. The molecule has 2 aliphatic rings. The van der Waals surface area contributed by atoms with Gasteiger partial charge in [-0.1, -0.05) is 65.8 Å². The largest absolute Gasteiger partial charge is 0.0683 e. The van der Waals surface area contributed by atoms with Crippen LogP contribution < -0.4 is 0 Å². The van der Waals surface area contributed by atoms with E-state index in [1.54, 1.807) is 0 Å². The van der Waals surface area contributed by atoms with Crippen LogP contribution in [0.25, 0.3) is 12.2 Å². The van der Waals surface area contributed by atoms with Gasteiger partial charge in [-0.2, -0.15) is 0 Å². The average molecular weight is 286 g/mol. The number of hydrogen-bond donors (Lipinski definition) is 0. The van der Waals surface area contributed by atoms with Crippen LogP contribution >= 0.6 is 0 Å². The van der Waals surface area contributed by atoms with Gasteiger partial charge in [-0.3, -0.25) is 0 Å². The van der Waals surface area contributed by atoms with Crippen molar-refractivity contribution < 1.29 is 0 Å². The number of aryl methyl sites for hydroxylation is 1. The van der Waals surface area contributed by atoms with Crippen LogP contribution in [0.4, 0.5) is 0 Å². The van der Waals surface area contributed by atoms with Crippen LogP contribution in [-0.2, 0) is 12.8 Å². The fourth-order valence-electron chi connectivity index (χ4n) is 3.97. The molecule has 0 heteroatoms. The summed E-state index contributed by atoms with van der Waals surface area (Å²) >= 11 is 0. The maximum absolute atomic E-state index is 2.42. The van der Waals surface area contributed by atoms with Crippen LogP contribution in [0.3, 0.4) is 0 Å². The van der Waals surface area contributed by atoms with Crippen LogP contribution in [-0.4, -0.2) is 0 Å². The number of fused-ring (bicyclic) bond motifs is 2. The molecule has 0 fully saturated rings. The molecule has 0 amide bonds. The number of rotatable bonds is 3. The standard InChI is InChI=1S/C22H22/c1-15-11-18-9-7-17(14-20(18)12-15)8-10-21-16(2)13-19-5-3-4-6-22(19)21/h3-7,9,11,13-14,21H,8,10,12H2,1-2H3. The summed E-state index contributed by atoms with van der Waals surface area (Å²) < 4.78 is 0. The Balaban J connectivity index is 1.51. The molecule has 0 heterocycles. The molecule has 0 spiro atoms. The Bertz CT molecular complexity index is 789. The van der Waals surface area contributed by atoms with Gasteiger partial charge in [-0.05, 0) is 60.9 Å². The second-order valence-electron chi connectivity index (χ2n) is 6.81. The molecule has 1 atom stereocenters. The molecular weight excluding hydrogens is 264 g/mol. The number of allylic oxidation sites excluding steroid dienone is 2. The van der Waals surface area contributed by atoms with Crippen LogP contribution in [0.15, 0.2) is 53.6 Å². The van der Waals surface area contributed by atoms with Crippen molar-refractivity contribution in [3.8, 4) is 0 Å². The number of hydrogen-bond acceptors (Lipinski definition) is 0. The minimum absolute atomic E-state index is 0.601. The molecule has 0 N–H and O–H groups in total. The maximum atomic E-state index is 2.42. The quantitative estimate of drug-likeness (QED) is 0.671. The van der Waals surface area contributed by atoms with E-state index in [1.165, 1.54) is 45.4 Å². The van der Waals surface area contributed by atoms with E-state index in [2.05, 4.69) is 68.5 Å². The van der Waals surface area contributed by atoms with Gasteiger partial charge in [0.25, 0.3) is 0 Å². The Hall–Kier alpha value is -2.08. The summed E-state index contributed by atoms with van der Waals surface area (Å²) in [6.45, 7) is 4.50. The summed E-state index contributed by atoms with van der Waals surface area (Å²) in [5.41, 5.74) is 10.3. The predicted octanol–water partition coefficient (Wildman–Crippen LogP) is 5.78. The lowest BCUT2D eigenvalue weighted by atomic mass is 9.90. The average Bonchev–Trinajstić information content (AvgIpc) is 3.03. The second-order valence-corrected chi connectivity index (χ2v) is 6.81. The van der Waals surface area contributed by atoms with E-state index < -0.39 is 0 Å². The SMILES string of the molecule is CC1=Cc2ccc(CCC3C(C)=Cc4ccccc43)cc2C1. The summed E-state index contributed by atoms with van der Waals surface area (Å²) in [5.74, 6) is 0.601. The lowest BCUT2D eigenvalue weighted by Gasteiger charge is -2.15. The lowest BCUT2D eigenvalue weighted by molar-refractivity contribution is 0.714. The van der Waals surface area contributed by atoms with Gasteiger partial charge in [0.15, 0.2) is 0 Å². The van der Waals surface area contributed by atoms with E-state index in [0.29, 0.717) is 5.92 Å².